The first-order valence-corrected chi connectivity index (χ1v) is 8.42. The number of hydrogen-bond donors (Lipinski definition) is 2. The van der Waals surface area contributed by atoms with E-state index in [1.165, 1.54) is 24.3 Å². The minimum absolute atomic E-state index is 0.286. The zero-order valence-electron chi connectivity index (χ0n) is 15.2. The van der Waals surface area contributed by atoms with Crippen LogP contribution in [0.25, 0.3) is 0 Å². The highest BCUT2D eigenvalue weighted by molar-refractivity contribution is 5.62. The summed E-state index contributed by atoms with van der Waals surface area (Å²) in [5.74, 6) is 0.695. The third-order valence-electron chi connectivity index (χ3n) is 3.89. The molecule has 6 nitrogen and oxygen atoms in total. The van der Waals surface area contributed by atoms with Crippen molar-refractivity contribution in [2.75, 3.05) is 10.6 Å². The van der Waals surface area contributed by atoms with E-state index in [1.54, 1.807) is 6.20 Å². The topological polar surface area (TPSA) is 72.0 Å². The first-order valence-electron chi connectivity index (χ1n) is 8.42. The van der Waals surface area contributed by atoms with Crippen molar-refractivity contribution >= 4 is 17.5 Å². The first-order chi connectivity index (χ1) is 13.3. The molecule has 0 amide bonds. The van der Waals surface area contributed by atoms with Crippen LogP contribution in [0.5, 0.6) is 5.75 Å². The number of aromatic nitrogens is 3. The molecule has 0 aliphatic heterocycles. The highest BCUT2D eigenvalue weighted by Gasteiger charge is 2.30. The SMILES string of the molecule is Cc1nc(NCc2ccccn2)nc(Nc2ccc(OC(F)(F)F)cc2)c1C. The molecule has 0 bridgehead atoms. The maximum absolute atomic E-state index is 12.3. The minimum atomic E-state index is -4.72. The monoisotopic (exact) mass is 389 g/mol. The van der Waals surface area contributed by atoms with E-state index in [1.807, 2.05) is 32.0 Å². The molecule has 3 rings (SSSR count). The number of rotatable bonds is 6. The average molecular weight is 389 g/mol. The minimum Gasteiger partial charge on any atom is -0.406 e. The average Bonchev–Trinajstić information content (AvgIpc) is 2.65. The summed E-state index contributed by atoms with van der Waals surface area (Å²) in [4.78, 5) is 13.1. The zero-order valence-corrected chi connectivity index (χ0v) is 15.2. The van der Waals surface area contributed by atoms with Crippen LogP contribution < -0.4 is 15.4 Å². The molecule has 2 heterocycles. The van der Waals surface area contributed by atoms with Gasteiger partial charge < -0.3 is 15.4 Å². The molecule has 0 radical (unpaired) electrons. The predicted molar refractivity (Wildman–Crippen MR) is 99.5 cm³/mol. The number of hydrogen-bond acceptors (Lipinski definition) is 6. The molecule has 9 heteroatoms. The van der Waals surface area contributed by atoms with Crippen LogP contribution in [-0.4, -0.2) is 21.3 Å². The van der Waals surface area contributed by atoms with Crippen LogP contribution >= 0.6 is 0 Å². The summed E-state index contributed by atoms with van der Waals surface area (Å²) in [7, 11) is 0. The van der Waals surface area contributed by atoms with E-state index >= 15 is 0 Å². The molecule has 0 atom stereocenters. The van der Waals surface area contributed by atoms with Gasteiger partial charge in [-0.25, -0.2) is 4.98 Å². The summed E-state index contributed by atoms with van der Waals surface area (Å²) in [6, 6.07) is 11.1. The van der Waals surface area contributed by atoms with E-state index in [-0.39, 0.29) is 5.75 Å². The van der Waals surface area contributed by atoms with Crippen LogP contribution in [0.3, 0.4) is 0 Å². The fraction of sp³-hybridized carbons (Fsp3) is 0.211. The van der Waals surface area contributed by atoms with Gasteiger partial charge in [-0.1, -0.05) is 6.07 Å². The molecule has 146 valence electrons. The second-order valence-electron chi connectivity index (χ2n) is 5.98. The lowest BCUT2D eigenvalue weighted by molar-refractivity contribution is -0.274. The Hall–Kier alpha value is -3.36. The number of ether oxygens (including phenoxy) is 1. The summed E-state index contributed by atoms with van der Waals surface area (Å²) in [6.07, 6.45) is -3.01. The van der Waals surface area contributed by atoms with Crippen molar-refractivity contribution in [2.24, 2.45) is 0 Å². The highest BCUT2D eigenvalue weighted by Crippen LogP contribution is 2.26. The number of benzene rings is 1. The van der Waals surface area contributed by atoms with Crippen molar-refractivity contribution in [3.63, 3.8) is 0 Å². The van der Waals surface area contributed by atoms with Gasteiger partial charge in [-0.2, -0.15) is 4.98 Å². The van der Waals surface area contributed by atoms with Gasteiger partial charge in [0.25, 0.3) is 0 Å². The Kier molecular flexibility index (Phi) is 5.62. The van der Waals surface area contributed by atoms with E-state index in [0.717, 1.165) is 17.0 Å². The fourth-order valence-electron chi connectivity index (χ4n) is 2.38. The predicted octanol–water partition coefficient (Wildman–Crippen LogP) is 4.74. The smallest absolute Gasteiger partial charge is 0.406 e. The summed E-state index contributed by atoms with van der Waals surface area (Å²) >= 11 is 0. The third kappa shape index (κ3) is 5.32. The number of anilines is 3. The number of nitrogens with zero attached hydrogens (tertiary/aromatic N) is 3. The Morgan fingerprint density at radius 1 is 1.00 bits per heavy atom. The standard InChI is InChI=1S/C19H18F3N5O/c1-12-13(2)25-18(24-11-15-5-3-4-10-23-15)27-17(12)26-14-6-8-16(9-7-14)28-19(20,21)22/h3-10H,11H2,1-2H3,(H2,24,25,26,27). The Labute approximate surface area is 159 Å². The number of pyridine rings is 1. The van der Waals surface area contributed by atoms with Gasteiger partial charge in [-0.05, 0) is 50.2 Å². The van der Waals surface area contributed by atoms with Crippen molar-refractivity contribution in [2.45, 2.75) is 26.8 Å². The zero-order chi connectivity index (χ0) is 20.1. The summed E-state index contributed by atoms with van der Waals surface area (Å²) in [6.45, 7) is 4.18. The van der Waals surface area contributed by atoms with Gasteiger partial charge >= 0.3 is 6.36 Å². The van der Waals surface area contributed by atoms with Crippen molar-refractivity contribution in [3.05, 3.63) is 65.6 Å². The normalized spacial score (nSPS) is 11.2. The van der Waals surface area contributed by atoms with E-state index < -0.39 is 6.36 Å². The molecule has 1 aromatic carbocycles. The van der Waals surface area contributed by atoms with Crippen LogP contribution in [0.2, 0.25) is 0 Å². The van der Waals surface area contributed by atoms with E-state index in [4.69, 9.17) is 0 Å². The Bertz CT molecular complexity index is 931. The van der Waals surface area contributed by atoms with Crippen molar-refractivity contribution in [3.8, 4) is 5.75 Å². The van der Waals surface area contributed by atoms with Gasteiger partial charge in [0.15, 0.2) is 0 Å². The van der Waals surface area contributed by atoms with Gasteiger partial charge in [0.1, 0.15) is 11.6 Å². The van der Waals surface area contributed by atoms with E-state index in [0.29, 0.717) is 24.0 Å². The molecule has 0 saturated heterocycles. The molecular formula is C19H18F3N5O. The van der Waals surface area contributed by atoms with Crippen molar-refractivity contribution in [1.82, 2.24) is 15.0 Å². The molecule has 0 saturated carbocycles. The van der Waals surface area contributed by atoms with Crippen LogP contribution in [0.1, 0.15) is 17.0 Å². The van der Waals surface area contributed by atoms with E-state index in [9.17, 15) is 13.2 Å². The molecule has 0 aliphatic rings. The molecule has 0 fully saturated rings. The molecule has 0 aliphatic carbocycles. The van der Waals surface area contributed by atoms with Crippen LogP contribution in [0.4, 0.5) is 30.6 Å². The van der Waals surface area contributed by atoms with Gasteiger partial charge in [0.05, 0.1) is 12.2 Å². The molecule has 2 N–H and O–H groups in total. The Balaban J connectivity index is 1.73. The van der Waals surface area contributed by atoms with E-state index in [2.05, 4.69) is 30.3 Å². The second-order valence-corrected chi connectivity index (χ2v) is 5.98. The largest absolute Gasteiger partial charge is 0.573 e. The maximum atomic E-state index is 12.3. The molecular weight excluding hydrogens is 371 g/mol. The first kappa shape index (κ1) is 19.4. The van der Waals surface area contributed by atoms with Crippen LogP contribution in [-0.2, 0) is 6.54 Å². The van der Waals surface area contributed by atoms with Crippen LogP contribution in [0, 0.1) is 13.8 Å². The third-order valence-corrected chi connectivity index (χ3v) is 3.89. The lowest BCUT2D eigenvalue weighted by Gasteiger charge is -2.14. The summed E-state index contributed by atoms with van der Waals surface area (Å²) < 4.78 is 40.7. The van der Waals surface area contributed by atoms with Crippen LogP contribution in [0.15, 0.2) is 48.7 Å². The number of nitrogens with one attached hydrogen (secondary N) is 2. The van der Waals surface area contributed by atoms with Gasteiger partial charge in [0.2, 0.25) is 5.95 Å². The summed E-state index contributed by atoms with van der Waals surface area (Å²) in [5, 5.41) is 6.22. The quantitative estimate of drug-likeness (QED) is 0.634. The maximum Gasteiger partial charge on any atom is 0.573 e. The molecule has 0 spiro atoms. The number of halogens is 3. The molecule has 2 aromatic heterocycles. The second kappa shape index (κ2) is 8.12. The number of alkyl halides is 3. The summed E-state index contributed by atoms with van der Waals surface area (Å²) in [5.41, 5.74) is 3.03. The number of aryl methyl sites for hydroxylation is 1. The molecule has 28 heavy (non-hydrogen) atoms. The molecule has 3 aromatic rings. The van der Waals surface area contributed by atoms with Crippen molar-refractivity contribution in [1.29, 1.82) is 0 Å². The van der Waals surface area contributed by atoms with Gasteiger partial charge in [-0.3, -0.25) is 4.98 Å². The fourth-order valence-corrected chi connectivity index (χ4v) is 2.38. The van der Waals surface area contributed by atoms with Gasteiger partial charge in [0, 0.05) is 23.1 Å². The van der Waals surface area contributed by atoms with Gasteiger partial charge in [-0.15, -0.1) is 13.2 Å². The molecule has 0 unspecified atom stereocenters. The lowest BCUT2D eigenvalue weighted by atomic mass is 10.2. The van der Waals surface area contributed by atoms with Crippen molar-refractivity contribution < 1.29 is 17.9 Å². The Morgan fingerprint density at radius 2 is 1.75 bits per heavy atom. The highest BCUT2D eigenvalue weighted by atomic mass is 19.4. The lowest BCUT2D eigenvalue weighted by Crippen LogP contribution is -2.17. The Morgan fingerprint density at radius 3 is 2.39 bits per heavy atom.